The molecule has 1 amide bonds. The van der Waals surface area contributed by atoms with Crippen molar-refractivity contribution < 1.29 is 9.18 Å². The number of carbonyl (C=O) groups excluding carboxylic acids is 1. The molecule has 8 heteroatoms. The van der Waals surface area contributed by atoms with Gasteiger partial charge >= 0.3 is 5.69 Å². The topological polar surface area (TPSA) is 81.3 Å². The molecule has 0 spiro atoms. The largest absolute Gasteiger partial charge is 0.352 e. The van der Waals surface area contributed by atoms with E-state index < -0.39 is 5.69 Å². The minimum atomic E-state index is -0.493. The number of rotatable bonds is 4. The molecule has 1 N–H and O–H groups in total. The van der Waals surface area contributed by atoms with Gasteiger partial charge < -0.3 is 5.32 Å². The van der Waals surface area contributed by atoms with Crippen LogP contribution in [0.4, 0.5) is 10.1 Å². The zero-order valence-electron chi connectivity index (χ0n) is 16.8. The molecule has 0 aliphatic heterocycles. The summed E-state index contributed by atoms with van der Waals surface area (Å²) in [6, 6.07) is 13.0. The molecule has 0 bridgehead atoms. The molecule has 30 heavy (non-hydrogen) atoms. The van der Waals surface area contributed by atoms with Gasteiger partial charge in [-0.25, -0.2) is 23.3 Å². The normalized spacial score (nSPS) is 11.1. The summed E-state index contributed by atoms with van der Waals surface area (Å²) in [6.45, 7) is 5.43. The van der Waals surface area contributed by atoms with Gasteiger partial charge in [0.1, 0.15) is 18.2 Å². The molecule has 0 fully saturated rings. The molecule has 152 valence electrons. The summed E-state index contributed by atoms with van der Waals surface area (Å²) in [7, 11) is 0. The van der Waals surface area contributed by atoms with Crippen LogP contribution in [0.1, 0.15) is 16.8 Å². The van der Waals surface area contributed by atoms with E-state index in [2.05, 4.69) is 15.4 Å². The molecule has 4 aromatic rings. The molecule has 2 aromatic heterocycles. The third kappa shape index (κ3) is 3.59. The highest BCUT2D eigenvalue weighted by atomic mass is 19.1. The Hall–Kier alpha value is -3.81. The Balaban J connectivity index is 1.71. The van der Waals surface area contributed by atoms with E-state index >= 15 is 0 Å². The maximum Gasteiger partial charge on any atom is 0.352 e. The number of fused-ring (bicyclic) bond motifs is 1. The van der Waals surface area contributed by atoms with Crippen LogP contribution in [-0.2, 0) is 11.3 Å². The Kier molecular flexibility index (Phi) is 4.91. The fourth-order valence-electron chi connectivity index (χ4n) is 3.26. The van der Waals surface area contributed by atoms with Crippen LogP contribution >= 0.6 is 0 Å². The number of hydrogen-bond acceptors (Lipinski definition) is 4. The highest BCUT2D eigenvalue weighted by Gasteiger charge is 2.17. The molecule has 0 aliphatic carbocycles. The highest BCUT2D eigenvalue weighted by molar-refractivity contribution is 5.91. The molecule has 0 unspecified atom stereocenters. The lowest BCUT2D eigenvalue weighted by atomic mass is 10.1. The van der Waals surface area contributed by atoms with Gasteiger partial charge in [0.25, 0.3) is 0 Å². The third-order valence-electron chi connectivity index (χ3n) is 4.97. The van der Waals surface area contributed by atoms with Crippen molar-refractivity contribution in [3.63, 3.8) is 0 Å². The van der Waals surface area contributed by atoms with Gasteiger partial charge in [0.05, 0.1) is 0 Å². The number of benzene rings is 2. The van der Waals surface area contributed by atoms with Gasteiger partial charge in [-0.15, -0.1) is 5.10 Å². The monoisotopic (exact) mass is 405 g/mol. The summed E-state index contributed by atoms with van der Waals surface area (Å²) in [5, 5.41) is 7.12. The number of anilines is 1. The van der Waals surface area contributed by atoms with E-state index in [1.165, 1.54) is 16.5 Å². The van der Waals surface area contributed by atoms with Gasteiger partial charge in [-0.1, -0.05) is 12.1 Å². The molecular formula is C22H20FN5O2. The van der Waals surface area contributed by atoms with Gasteiger partial charge in [0, 0.05) is 23.0 Å². The summed E-state index contributed by atoms with van der Waals surface area (Å²) in [5.41, 5.74) is 3.82. The number of nitrogens with one attached hydrogen (secondary N) is 1. The van der Waals surface area contributed by atoms with E-state index in [1.54, 1.807) is 25.1 Å². The predicted octanol–water partition coefficient (Wildman–Crippen LogP) is 3.26. The van der Waals surface area contributed by atoms with Crippen LogP contribution in [0.3, 0.4) is 0 Å². The first-order valence-corrected chi connectivity index (χ1v) is 9.42. The number of halogens is 1. The molecule has 0 aliphatic rings. The van der Waals surface area contributed by atoms with Gasteiger partial charge in [0.15, 0.2) is 5.65 Å². The maximum atomic E-state index is 13.3. The van der Waals surface area contributed by atoms with Crippen molar-refractivity contribution in [2.75, 3.05) is 5.32 Å². The molecule has 0 atom stereocenters. The number of carbonyl (C=O) groups is 1. The second-order valence-electron chi connectivity index (χ2n) is 7.16. The van der Waals surface area contributed by atoms with Gasteiger partial charge in [-0.3, -0.25) is 4.79 Å². The first-order valence-electron chi connectivity index (χ1n) is 9.42. The van der Waals surface area contributed by atoms with Crippen molar-refractivity contribution in [2.45, 2.75) is 27.3 Å². The van der Waals surface area contributed by atoms with Crippen LogP contribution in [0.5, 0.6) is 0 Å². The molecule has 0 saturated carbocycles. The van der Waals surface area contributed by atoms with E-state index in [9.17, 15) is 14.0 Å². The average molecular weight is 405 g/mol. The third-order valence-corrected chi connectivity index (χ3v) is 4.97. The standard InChI is InChI=1S/C22H20FN5O2/c1-13-5-4-6-18(15(13)3)25-20(29)12-27-22(30)28-19(26-27)11-14(2)24-21(28)16-7-9-17(23)10-8-16/h4-11H,12H2,1-3H3,(H,25,29). The summed E-state index contributed by atoms with van der Waals surface area (Å²) in [4.78, 5) is 30.0. The molecule has 2 heterocycles. The predicted molar refractivity (Wildman–Crippen MR) is 112 cm³/mol. The first-order chi connectivity index (χ1) is 14.3. The lowest BCUT2D eigenvalue weighted by molar-refractivity contribution is -0.117. The van der Waals surface area contributed by atoms with Crippen LogP contribution in [0, 0.1) is 26.6 Å². The fraction of sp³-hybridized carbons (Fsp3) is 0.182. The van der Waals surface area contributed by atoms with Crippen molar-refractivity contribution in [2.24, 2.45) is 0 Å². The van der Waals surface area contributed by atoms with Crippen LogP contribution in [-0.4, -0.2) is 25.1 Å². The smallest absolute Gasteiger partial charge is 0.324 e. The van der Waals surface area contributed by atoms with Gasteiger partial charge in [0.2, 0.25) is 5.91 Å². The summed E-state index contributed by atoms with van der Waals surface area (Å²) < 4.78 is 15.7. The zero-order chi connectivity index (χ0) is 21.4. The van der Waals surface area contributed by atoms with E-state index in [4.69, 9.17) is 0 Å². The Morgan fingerprint density at radius 2 is 1.83 bits per heavy atom. The molecule has 2 aromatic carbocycles. The van der Waals surface area contributed by atoms with Crippen molar-refractivity contribution >= 4 is 17.2 Å². The summed E-state index contributed by atoms with van der Waals surface area (Å²) >= 11 is 0. The maximum absolute atomic E-state index is 13.3. The summed E-state index contributed by atoms with van der Waals surface area (Å²) in [6.07, 6.45) is 0. The minimum Gasteiger partial charge on any atom is -0.324 e. The van der Waals surface area contributed by atoms with E-state index in [0.717, 1.165) is 15.8 Å². The number of nitrogens with zero attached hydrogens (tertiary/aromatic N) is 4. The van der Waals surface area contributed by atoms with Crippen LogP contribution in [0.15, 0.2) is 53.3 Å². The minimum absolute atomic E-state index is 0.240. The number of amides is 1. The summed E-state index contributed by atoms with van der Waals surface area (Å²) in [5.74, 6) is -0.396. The van der Waals surface area contributed by atoms with Crippen molar-refractivity contribution in [1.29, 1.82) is 0 Å². The second kappa shape index (κ2) is 7.55. The molecule has 0 radical (unpaired) electrons. The van der Waals surface area contributed by atoms with Crippen molar-refractivity contribution in [1.82, 2.24) is 19.2 Å². The van der Waals surface area contributed by atoms with Gasteiger partial charge in [-0.05, 0) is 62.2 Å². The fourth-order valence-corrected chi connectivity index (χ4v) is 3.26. The van der Waals surface area contributed by atoms with Crippen molar-refractivity contribution in [3.8, 4) is 11.4 Å². The zero-order valence-corrected chi connectivity index (χ0v) is 16.8. The Morgan fingerprint density at radius 3 is 2.57 bits per heavy atom. The second-order valence-corrected chi connectivity index (χ2v) is 7.16. The molecule has 4 rings (SSSR count). The molecule has 7 nitrogen and oxygen atoms in total. The van der Waals surface area contributed by atoms with Crippen LogP contribution in [0.25, 0.3) is 17.0 Å². The number of aryl methyl sites for hydroxylation is 2. The van der Waals surface area contributed by atoms with Crippen LogP contribution < -0.4 is 11.0 Å². The molecular weight excluding hydrogens is 385 g/mol. The Labute approximate surface area is 171 Å². The first kappa shape index (κ1) is 19.5. The van der Waals surface area contributed by atoms with Crippen LogP contribution in [0.2, 0.25) is 0 Å². The highest BCUT2D eigenvalue weighted by Crippen LogP contribution is 2.19. The SMILES string of the molecule is Cc1cc2nn(CC(=O)Nc3cccc(C)c3C)c(=O)n2c(-c2ccc(F)cc2)n1. The van der Waals surface area contributed by atoms with E-state index in [1.807, 2.05) is 32.0 Å². The Bertz CT molecular complexity index is 1320. The number of aromatic nitrogens is 4. The van der Waals surface area contributed by atoms with E-state index in [-0.39, 0.29) is 18.3 Å². The van der Waals surface area contributed by atoms with Gasteiger partial charge in [-0.2, -0.15) is 0 Å². The number of hydrogen-bond donors (Lipinski definition) is 1. The quantitative estimate of drug-likeness (QED) is 0.565. The van der Waals surface area contributed by atoms with Crippen molar-refractivity contribution in [3.05, 3.63) is 81.7 Å². The Morgan fingerprint density at radius 1 is 1.10 bits per heavy atom. The average Bonchev–Trinajstić information content (AvgIpc) is 3.00. The lowest BCUT2D eigenvalue weighted by Crippen LogP contribution is -2.29. The lowest BCUT2D eigenvalue weighted by Gasteiger charge is -2.09. The molecule has 0 saturated heterocycles. The van der Waals surface area contributed by atoms with E-state index in [0.29, 0.717) is 28.4 Å².